The molecule has 0 fully saturated rings. The van der Waals surface area contributed by atoms with Crippen LogP contribution in [0.5, 0.6) is 0 Å². The third-order valence-electron chi connectivity index (χ3n) is 8.03. The van der Waals surface area contributed by atoms with Crippen LogP contribution in [0.4, 0.5) is 17.1 Å². The van der Waals surface area contributed by atoms with Crippen molar-refractivity contribution >= 4 is 62.0 Å². The molecule has 0 radical (unpaired) electrons. The zero-order valence-corrected chi connectivity index (χ0v) is 21.4. The molecule has 182 valence electrons. The maximum absolute atomic E-state index is 2.49. The Balaban J connectivity index is 1.53. The van der Waals surface area contributed by atoms with E-state index in [9.17, 15) is 0 Å². The van der Waals surface area contributed by atoms with E-state index in [4.69, 9.17) is 0 Å². The van der Waals surface area contributed by atoms with Gasteiger partial charge in [-0.1, -0.05) is 115 Å². The summed E-state index contributed by atoms with van der Waals surface area (Å²) in [5.41, 5.74) is 11.3. The minimum Gasteiger partial charge on any atom is -0.310 e. The first-order valence-corrected chi connectivity index (χ1v) is 13.5. The van der Waals surface area contributed by atoms with E-state index in [0.29, 0.717) is 0 Å². The molecule has 0 atom stereocenters. The van der Waals surface area contributed by atoms with Crippen molar-refractivity contribution in [3.8, 4) is 5.69 Å². The predicted octanol–water partition coefficient (Wildman–Crippen LogP) is 7.08. The van der Waals surface area contributed by atoms with Gasteiger partial charge in [0, 0.05) is 27.8 Å². The van der Waals surface area contributed by atoms with E-state index in [0.717, 1.165) is 11.4 Å². The quantitative estimate of drug-likeness (QED) is 0.236. The number of aromatic nitrogens is 1. The molecule has 0 N–H and O–H groups in total. The van der Waals surface area contributed by atoms with Crippen LogP contribution >= 0.6 is 0 Å². The Kier molecular flexibility index (Phi) is 4.96. The van der Waals surface area contributed by atoms with Crippen molar-refractivity contribution in [2.45, 2.75) is 0 Å². The number of anilines is 3. The number of nitrogens with zero attached hydrogens (tertiary/aromatic N) is 2. The van der Waals surface area contributed by atoms with Crippen LogP contribution in [0, 0.1) is 0 Å². The van der Waals surface area contributed by atoms with E-state index in [-0.39, 0.29) is 6.71 Å². The Labute approximate surface area is 228 Å². The van der Waals surface area contributed by atoms with Crippen molar-refractivity contribution in [3.05, 3.63) is 152 Å². The van der Waals surface area contributed by atoms with E-state index in [1.54, 1.807) is 0 Å². The molecule has 0 saturated carbocycles. The Bertz CT molecular complexity index is 1920. The molecule has 6 aromatic carbocycles. The zero-order chi connectivity index (χ0) is 25.8. The van der Waals surface area contributed by atoms with E-state index in [1.807, 2.05) is 0 Å². The Morgan fingerprint density at radius 2 is 1.08 bits per heavy atom. The molecule has 1 aromatic heterocycles. The van der Waals surface area contributed by atoms with Crippen LogP contribution in [0.2, 0.25) is 0 Å². The van der Waals surface area contributed by atoms with Crippen LogP contribution in [-0.2, 0) is 0 Å². The van der Waals surface area contributed by atoms with Gasteiger partial charge >= 0.3 is 0 Å². The van der Waals surface area contributed by atoms with Crippen molar-refractivity contribution < 1.29 is 0 Å². The maximum Gasteiger partial charge on any atom is 0.246 e. The van der Waals surface area contributed by atoms with Gasteiger partial charge in [0.1, 0.15) is 0 Å². The molecule has 0 spiro atoms. The highest BCUT2D eigenvalue weighted by Gasteiger charge is 2.34. The van der Waals surface area contributed by atoms with Crippen LogP contribution < -0.4 is 21.3 Å². The number of fused-ring (bicyclic) bond motifs is 5. The molecule has 1 aliphatic rings. The molecule has 7 aromatic rings. The number of hydrogen-bond donors (Lipinski definition) is 0. The lowest BCUT2D eigenvalue weighted by molar-refractivity contribution is 1.19. The molecule has 2 heterocycles. The van der Waals surface area contributed by atoms with Gasteiger partial charge in [0.2, 0.25) is 6.71 Å². The molecule has 8 rings (SSSR count). The Morgan fingerprint density at radius 1 is 0.487 bits per heavy atom. The average molecular weight is 496 g/mol. The molecule has 0 bridgehead atoms. The Hall–Kier alpha value is -5.02. The first kappa shape index (κ1) is 22.0. The lowest BCUT2D eigenvalue weighted by Crippen LogP contribution is -2.55. The van der Waals surface area contributed by atoms with Crippen LogP contribution in [-0.4, -0.2) is 11.3 Å². The smallest absolute Gasteiger partial charge is 0.246 e. The molecule has 0 unspecified atom stereocenters. The van der Waals surface area contributed by atoms with Crippen molar-refractivity contribution in [1.29, 1.82) is 0 Å². The normalized spacial score (nSPS) is 12.1. The summed E-state index contributed by atoms with van der Waals surface area (Å²) in [6.07, 6.45) is 0. The van der Waals surface area contributed by atoms with Crippen molar-refractivity contribution in [2.75, 3.05) is 4.90 Å². The van der Waals surface area contributed by atoms with Crippen molar-refractivity contribution in [2.24, 2.45) is 0 Å². The summed E-state index contributed by atoms with van der Waals surface area (Å²) in [7, 11) is 0. The lowest BCUT2D eigenvalue weighted by atomic mass is 9.35. The third-order valence-corrected chi connectivity index (χ3v) is 8.03. The second-order valence-corrected chi connectivity index (χ2v) is 10.2. The second kappa shape index (κ2) is 8.78. The van der Waals surface area contributed by atoms with Gasteiger partial charge in [0.25, 0.3) is 0 Å². The fourth-order valence-corrected chi connectivity index (χ4v) is 6.46. The zero-order valence-electron chi connectivity index (χ0n) is 21.4. The minimum atomic E-state index is 0.165. The first-order valence-electron chi connectivity index (χ1n) is 13.5. The molecule has 1 aliphatic heterocycles. The van der Waals surface area contributed by atoms with Crippen LogP contribution in [0.1, 0.15) is 0 Å². The maximum atomic E-state index is 2.49. The highest BCUT2D eigenvalue weighted by atomic mass is 15.1. The van der Waals surface area contributed by atoms with Crippen molar-refractivity contribution in [1.82, 2.24) is 4.57 Å². The first-order chi connectivity index (χ1) is 19.4. The van der Waals surface area contributed by atoms with E-state index in [2.05, 4.69) is 161 Å². The third kappa shape index (κ3) is 3.30. The van der Waals surface area contributed by atoms with Crippen LogP contribution in [0.3, 0.4) is 0 Å². The fourth-order valence-electron chi connectivity index (χ4n) is 6.46. The predicted molar refractivity (Wildman–Crippen MR) is 167 cm³/mol. The van der Waals surface area contributed by atoms with E-state index in [1.165, 1.54) is 49.6 Å². The highest BCUT2D eigenvalue weighted by Crippen LogP contribution is 2.43. The summed E-state index contributed by atoms with van der Waals surface area (Å²) in [5, 5.41) is 2.55. The topological polar surface area (TPSA) is 8.17 Å². The largest absolute Gasteiger partial charge is 0.310 e. The lowest BCUT2D eigenvalue weighted by Gasteiger charge is -2.30. The molecular formula is C36H25BN2. The van der Waals surface area contributed by atoms with Gasteiger partial charge in [-0.25, -0.2) is 0 Å². The van der Waals surface area contributed by atoms with Crippen LogP contribution in [0.15, 0.2) is 152 Å². The standard InChI is InChI=1S/C36H25BN2/c1-4-14-26(15-5-1)37-30-21-11-13-23-33(30)39-32-22-12-10-20-29(32)35-34(25-24-31(37)36(35)39)38(27-16-6-2-7-17-27)28-18-8-3-9-19-28/h1-25H. The molecule has 3 heteroatoms. The monoisotopic (exact) mass is 496 g/mol. The number of benzene rings is 6. The van der Waals surface area contributed by atoms with Gasteiger partial charge in [0.15, 0.2) is 0 Å². The highest BCUT2D eigenvalue weighted by molar-refractivity contribution is 6.98. The number of rotatable bonds is 4. The summed E-state index contributed by atoms with van der Waals surface area (Å²) in [4.78, 5) is 2.40. The number of hydrogen-bond acceptors (Lipinski definition) is 1. The molecule has 39 heavy (non-hydrogen) atoms. The van der Waals surface area contributed by atoms with Gasteiger partial charge in [0.05, 0.1) is 16.7 Å². The summed E-state index contributed by atoms with van der Waals surface area (Å²) >= 11 is 0. The average Bonchev–Trinajstić information content (AvgIpc) is 3.36. The Morgan fingerprint density at radius 3 is 1.79 bits per heavy atom. The van der Waals surface area contributed by atoms with Gasteiger partial charge in [-0.15, -0.1) is 0 Å². The van der Waals surface area contributed by atoms with Crippen LogP contribution in [0.25, 0.3) is 27.5 Å². The molecule has 0 saturated heterocycles. The van der Waals surface area contributed by atoms with Gasteiger partial charge in [-0.05, 0) is 53.4 Å². The molecule has 2 nitrogen and oxygen atoms in total. The molecule has 0 aliphatic carbocycles. The van der Waals surface area contributed by atoms with Gasteiger partial charge in [-0.3, -0.25) is 0 Å². The molecule has 0 amide bonds. The minimum absolute atomic E-state index is 0.165. The summed E-state index contributed by atoms with van der Waals surface area (Å²) in [6, 6.07) is 54.8. The fraction of sp³-hybridized carbons (Fsp3) is 0. The summed E-state index contributed by atoms with van der Waals surface area (Å²) in [5.74, 6) is 0. The molecular weight excluding hydrogens is 471 g/mol. The summed E-state index contributed by atoms with van der Waals surface area (Å²) < 4.78 is 2.49. The summed E-state index contributed by atoms with van der Waals surface area (Å²) in [6.45, 7) is 0.165. The SMILES string of the molecule is c1ccc(B2c3ccccc3-n3c4ccccc4c4c(N(c5ccccc5)c5ccccc5)ccc2c43)cc1. The van der Waals surface area contributed by atoms with Gasteiger partial charge in [-0.2, -0.15) is 0 Å². The van der Waals surface area contributed by atoms with E-state index < -0.39 is 0 Å². The van der Waals surface area contributed by atoms with E-state index >= 15 is 0 Å². The van der Waals surface area contributed by atoms with Crippen molar-refractivity contribution in [3.63, 3.8) is 0 Å². The second-order valence-electron chi connectivity index (χ2n) is 10.2. The number of para-hydroxylation sites is 4. The van der Waals surface area contributed by atoms with Gasteiger partial charge < -0.3 is 9.47 Å².